The van der Waals surface area contributed by atoms with Crippen molar-refractivity contribution in [3.63, 3.8) is 0 Å². The molecule has 18 heavy (non-hydrogen) atoms. The minimum Gasteiger partial charge on any atom is -0.496 e. The Morgan fingerprint density at radius 2 is 1.50 bits per heavy atom. The first-order valence-corrected chi connectivity index (χ1v) is 5.53. The third kappa shape index (κ3) is 2.05. The van der Waals surface area contributed by atoms with Crippen molar-refractivity contribution in [2.45, 2.75) is 0 Å². The Morgan fingerprint density at radius 1 is 0.889 bits per heavy atom. The molecule has 4 N–H and O–H groups in total. The topological polar surface area (TPSA) is 70.5 Å². The van der Waals surface area contributed by atoms with E-state index in [1.807, 2.05) is 24.3 Å². The lowest BCUT2D eigenvalue weighted by Crippen LogP contribution is -1.97. The summed E-state index contributed by atoms with van der Waals surface area (Å²) in [5, 5.41) is 0. The molecule has 0 aliphatic carbocycles. The van der Waals surface area contributed by atoms with Crippen LogP contribution in [-0.4, -0.2) is 14.2 Å². The molecule has 2 aromatic carbocycles. The number of nitrogens with two attached hydrogens (primary N) is 2. The number of nitrogen functional groups attached to an aromatic ring is 2. The van der Waals surface area contributed by atoms with Crippen molar-refractivity contribution < 1.29 is 9.47 Å². The average Bonchev–Trinajstić information content (AvgIpc) is 2.40. The molecule has 0 aliphatic heterocycles. The molecule has 2 aromatic rings. The predicted molar refractivity (Wildman–Crippen MR) is 73.8 cm³/mol. The summed E-state index contributed by atoms with van der Waals surface area (Å²) in [5.41, 5.74) is 14.7. The summed E-state index contributed by atoms with van der Waals surface area (Å²) in [6, 6.07) is 10.9. The molecule has 2 rings (SSSR count). The van der Waals surface area contributed by atoms with Crippen molar-refractivity contribution >= 4 is 11.4 Å². The van der Waals surface area contributed by atoms with Crippen LogP contribution in [0.15, 0.2) is 36.4 Å². The molecule has 0 amide bonds. The highest BCUT2D eigenvalue weighted by atomic mass is 16.5. The molecule has 0 spiro atoms. The fourth-order valence-corrected chi connectivity index (χ4v) is 1.91. The molecule has 0 atom stereocenters. The summed E-state index contributed by atoms with van der Waals surface area (Å²) in [6.45, 7) is 0. The van der Waals surface area contributed by atoms with E-state index in [9.17, 15) is 0 Å². The average molecular weight is 244 g/mol. The molecule has 0 aromatic heterocycles. The van der Waals surface area contributed by atoms with Crippen LogP contribution in [0.5, 0.6) is 11.5 Å². The maximum Gasteiger partial charge on any atom is 0.130 e. The zero-order valence-corrected chi connectivity index (χ0v) is 10.4. The van der Waals surface area contributed by atoms with Crippen LogP contribution in [0.4, 0.5) is 11.4 Å². The predicted octanol–water partition coefficient (Wildman–Crippen LogP) is 2.54. The Hall–Kier alpha value is -2.36. The van der Waals surface area contributed by atoms with Crippen molar-refractivity contribution in [3.05, 3.63) is 36.4 Å². The summed E-state index contributed by atoms with van der Waals surface area (Å²) in [5.74, 6) is 1.40. The lowest BCUT2D eigenvalue weighted by Gasteiger charge is -2.15. The maximum absolute atomic E-state index is 6.00. The molecule has 0 unspecified atom stereocenters. The summed E-state index contributed by atoms with van der Waals surface area (Å²) in [6.07, 6.45) is 0. The van der Waals surface area contributed by atoms with Crippen molar-refractivity contribution in [1.82, 2.24) is 0 Å². The number of methoxy groups -OCH3 is 2. The van der Waals surface area contributed by atoms with Gasteiger partial charge in [-0.25, -0.2) is 0 Å². The summed E-state index contributed by atoms with van der Waals surface area (Å²) < 4.78 is 10.7. The zero-order chi connectivity index (χ0) is 13.1. The van der Waals surface area contributed by atoms with Crippen LogP contribution in [-0.2, 0) is 0 Å². The number of rotatable bonds is 3. The van der Waals surface area contributed by atoms with Gasteiger partial charge in [0.1, 0.15) is 11.5 Å². The van der Waals surface area contributed by atoms with Gasteiger partial charge in [0, 0.05) is 16.9 Å². The van der Waals surface area contributed by atoms with Crippen molar-refractivity contribution in [2.75, 3.05) is 25.7 Å². The molecule has 0 saturated carbocycles. The van der Waals surface area contributed by atoms with Crippen LogP contribution in [0.1, 0.15) is 0 Å². The van der Waals surface area contributed by atoms with Crippen molar-refractivity contribution in [2.24, 2.45) is 0 Å². The number of benzene rings is 2. The fraction of sp³-hybridized carbons (Fsp3) is 0.143. The van der Waals surface area contributed by atoms with Gasteiger partial charge >= 0.3 is 0 Å². The lowest BCUT2D eigenvalue weighted by atomic mass is 10.0. The molecule has 0 aliphatic rings. The molecule has 4 heteroatoms. The van der Waals surface area contributed by atoms with Crippen LogP contribution in [0.3, 0.4) is 0 Å². The normalized spacial score (nSPS) is 10.1. The van der Waals surface area contributed by atoms with Gasteiger partial charge in [-0.15, -0.1) is 0 Å². The minimum absolute atomic E-state index is 0.631. The van der Waals surface area contributed by atoms with E-state index in [0.717, 1.165) is 11.1 Å². The van der Waals surface area contributed by atoms with Crippen LogP contribution >= 0.6 is 0 Å². The zero-order valence-electron chi connectivity index (χ0n) is 10.4. The van der Waals surface area contributed by atoms with E-state index >= 15 is 0 Å². The Morgan fingerprint density at radius 3 is 2.06 bits per heavy atom. The van der Waals surface area contributed by atoms with Crippen LogP contribution in [0.25, 0.3) is 11.1 Å². The Balaban J connectivity index is 2.72. The maximum atomic E-state index is 6.00. The van der Waals surface area contributed by atoms with Crippen molar-refractivity contribution in [3.8, 4) is 22.6 Å². The Kier molecular flexibility index (Phi) is 3.28. The second kappa shape index (κ2) is 4.87. The largest absolute Gasteiger partial charge is 0.496 e. The number of ether oxygens (including phenoxy) is 2. The van der Waals surface area contributed by atoms with Gasteiger partial charge in [-0.05, 0) is 30.3 Å². The van der Waals surface area contributed by atoms with Crippen LogP contribution in [0.2, 0.25) is 0 Å². The van der Waals surface area contributed by atoms with Gasteiger partial charge in [0.2, 0.25) is 0 Å². The first kappa shape index (κ1) is 12.1. The molecule has 4 nitrogen and oxygen atoms in total. The minimum atomic E-state index is 0.631. The third-order valence-electron chi connectivity index (χ3n) is 2.77. The summed E-state index contributed by atoms with van der Waals surface area (Å²) in [7, 11) is 3.22. The van der Waals surface area contributed by atoms with Gasteiger partial charge in [0.25, 0.3) is 0 Å². The van der Waals surface area contributed by atoms with E-state index in [1.54, 1.807) is 26.4 Å². The van der Waals surface area contributed by atoms with E-state index in [4.69, 9.17) is 20.9 Å². The fourth-order valence-electron chi connectivity index (χ4n) is 1.91. The first-order chi connectivity index (χ1) is 8.67. The number of hydrogen-bond donors (Lipinski definition) is 2. The molecule has 0 fully saturated rings. The highest BCUT2D eigenvalue weighted by molar-refractivity contribution is 5.86. The van der Waals surface area contributed by atoms with Gasteiger partial charge in [0.15, 0.2) is 0 Å². The van der Waals surface area contributed by atoms with E-state index in [0.29, 0.717) is 22.9 Å². The van der Waals surface area contributed by atoms with Crippen LogP contribution in [0, 0.1) is 0 Å². The van der Waals surface area contributed by atoms with E-state index in [-0.39, 0.29) is 0 Å². The van der Waals surface area contributed by atoms with E-state index in [1.165, 1.54) is 0 Å². The van der Waals surface area contributed by atoms with Gasteiger partial charge in [-0.3, -0.25) is 0 Å². The molecule has 0 bridgehead atoms. The number of anilines is 2. The molecule has 0 saturated heterocycles. The standard InChI is InChI=1S/C14H16N2O2/c1-17-12-4-3-5-13(18-2)14(12)10-8-9(15)6-7-11(10)16/h3-8H,15-16H2,1-2H3. The Labute approximate surface area is 106 Å². The quantitative estimate of drug-likeness (QED) is 0.814. The highest BCUT2D eigenvalue weighted by Crippen LogP contribution is 2.41. The molecule has 0 radical (unpaired) electrons. The SMILES string of the molecule is COc1cccc(OC)c1-c1cc(N)ccc1N. The Bertz CT molecular complexity index is 545. The van der Waals surface area contributed by atoms with Gasteiger partial charge in [-0.2, -0.15) is 0 Å². The monoisotopic (exact) mass is 244 g/mol. The highest BCUT2D eigenvalue weighted by Gasteiger charge is 2.14. The van der Waals surface area contributed by atoms with Crippen molar-refractivity contribution in [1.29, 1.82) is 0 Å². The third-order valence-corrected chi connectivity index (χ3v) is 2.77. The van der Waals surface area contributed by atoms with Crippen LogP contribution < -0.4 is 20.9 Å². The second-order valence-corrected chi connectivity index (χ2v) is 3.88. The second-order valence-electron chi connectivity index (χ2n) is 3.88. The molecular formula is C14H16N2O2. The summed E-state index contributed by atoms with van der Waals surface area (Å²) in [4.78, 5) is 0. The molecule has 94 valence electrons. The van der Waals surface area contributed by atoms with Gasteiger partial charge < -0.3 is 20.9 Å². The van der Waals surface area contributed by atoms with Gasteiger partial charge in [-0.1, -0.05) is 6.07 Å². The molecule has 0 heterocycles. The first-order valence-electron chi connectivity index (χ1n) is 5.53. The van der Waals surface area contributed by atoms with E-state index in [2.05, 4.69) is 0 Å². The molecular weight excluding hydrogens is 228 g/mol. The number of hydrogen-bond acceptors (Lipinski definition) is 4. The van der Waals surface area contributed by atoms with Gasteiger partial charge in [0.05, 0.1) is 19.8 Å². The summed E-state index contributed by atoms with van der Waals surface area (Å²) >= 11 is 0. The lowest BCUT2D eigenvalue weighted by molar-refractivity contribution is 0.397. The smallest absolute Gasteiger partial charge is 0.130 e. The van der Waals surface area contributed by atoms with E-state index < -0.39 is 0 Å².